The molecule has 26 heavy (non-hydrogen) atoms. The largest absolute Gasteiger partial charge is 0.367 e. The molecule has 0 fully saturated rings. The van der Waals surface area contributed by atoms with Crippen LogP contribution in [0.15, 0.2) is 96.1 Å². The summed E-state index contributed by atoms with van der Waals surface area (Å²) in [6.07, 6.45) is 3.54. The summed E-state index contributed by atoms with van der Waals surface area (Å²) in [6.45, 7) is 0. The first-order chi connectivity index (χ1) is 12.8. The number of fused-ring (bicyclic) bond motifs is 3. The van der Waals surface area contributed by atoms with Crippen LogP contribution in [0.5, 0.6) is 0 Å². The molecule has 124 valence electrons. The Morgan fingerprint density at radius 2 is 1.42 bits per heavy atom. The van der Waals surface area contributed by atoms with Crippen LogP contribution < -0.4 is 26.3 Å². The van der Waals surface area contributed by atoms with E-state index < -0.39 is 8.07 Å². The van der Waals surface area contributed by atoms with Gasteiger partial charge in [-0.25, -0.2) is 0 Å². The fourth-order valence-electron chi connectivity index (χ4n) is 4.19. The summed E-state index contributed by atoms with van der Waals surface area (Å²) in [5, 5.41) is 4.70. The van der Waals surface area contributed by atoms with Crippen LogP contribution in [0.2, 0.25) is 0 Å². The third-order valence-corrected chi connectivity index (χ3v) is 9.95. The molecule has 2 aromatic heterocycles. The number of aromatic nitrogens is 2. The van der Waals surface area contributed by atoms with Gasteiger partial charge in [-0.2, -0.15) is 0 Å². The molecule has 3 heterocycles. The first-order valence-electron chi connectivity index (χ1n) is 8.62. The van der Waals surface area contributed by atoms with Crippen molar-refractivity contribution >= 4 is 29.0 Å². The number of benzene rings is 2. The molecule has 0 bridgehead atoms. The maximum absolute atomic E-state index is 12.8. The summed E-state index contributed by atoms with van der Waals surface area (Å²) in [5.74, 6) is 0. The van der Waals surface area contributed by atoms with Crippen molar-refractivity contribution in [2.75, 3.05) is 0 Å². The first-order valence-corrected chi connectivity index (χ1v) is 10.6. The zero-order valence-corrected chi connectivity index (χ0v) is 15.0. The van der Waals surface area contributed by atoms with E-state index in [1.165, 1.54) is 15.6 Å². The zero-order chi connectivity index (χ0) is 17.6. The minimum atomic E-state index is -2.58. The first kappa shape index (κ1) is 15.0. The fourth-order valence-corrected chi connectivity index (χ4v) is 9.19. The van der Waals surface area contributed by atoms with Gasteiger partial charge in [-0.15, -0.1) is 0 Å². The lowest BCUT2D eigenvalue weighted by Crippen LogP contribution is -2.73. The number of nitrogens with one attached hydrogen (secondary N) is 1. The van der Waals surface area contributed by atoms with Crippen LogP contribution >= 0.6 is 0 Å². The number of H-pyrrole nitrogens is 1. The SMILES string of the molecule is O=c1cc[nH]c2c1-c1ncccc1[Si]2(c1ccccc1)c1ccccc1. The molecule has 1 aliphatic rings. The lowest BCUT2D eigenvalue weighted by molar-refractivity contribution is 1.31. The van der Waals surface area contributed by atoms with E-state index in [1.54, 1.807) is 18.5 Å². The average Bonchev–Trinajstić information content (AvgIpc) is 3.02. The molecule has 0 aliphatic carbocycles. The second kappa shape index (κ2) is 5.64. The summed E-state index contributed by atoms with van der Waals surface area (Å²) in [4.78, 5) is 20.9. The van der Waals surface area contributed by atoms with Crippen molar-refractivity contribution < 1.29 is 0 Å². The summed E-state index contributed by atoms with van der Waals surface area (Å²) in [6, 6.07) is 26.8. The molecular formula is C22H16N2OSi. The highest BCUT2D eigenvalue weighted by Crippen LogP contribution is 2.22. The van der Waals surface area contributed by atoms with Gasteiger partial charge in [-0.3, -0.25) is 9.78 Å². The molecule has 0 saturated heterocycles. The molecule has 0 amide bonds. The van der Waals surface area contributed by atoms with Crippen LogP contribution in [0.25, 0.3) is 11.3 Å². The Morgan fingerprint density at radius 3 is 2.08 bits per heavy atom. The van der Waals surface area contributed by atoms with Gasteiger partial charge in [-0.05, 0) is 21.6 Å². The second-order valence-corrected chi connectivity index (χ2v) is 10.2. The Morgan fingerprint density at radius 1 is 0.769 bits per heavy atom. The minimum absolute atomic E-state index is 0.0277. The molecule has 1 aliphatic heterocycles. The van der Waals surface area contributed by atoms with Gasteiger partial charge in [0.1, 0.15) is 0 Å². The van der Waals surface area contributed by atoms with Crippen molar-refractivity contribution in [2.24, 2.45) is 0 Å². The molecule has 0 unspecified atom stereocenters. The quantitative estimate of drug-likeness (QED) is 0.484. The van der Waals surface area contributed by atoms with Crippen LogP contribution in [0.3, 0.4) is 0 Å². The van der Waals surface area contributed by atoms with Crippen LogP contribution in [-0.4, -0.2) is 18.0 Å². The number of hydrogen-bond acceptors (Lipinski definition) is 2. The van der Waals surface area contributed by atoms with E-state index in [1.807, 2.05) is 18.2 Å². The number of rotatable bonds is 2. The van der Waals surface area contributed by atoms with Crippen LogP contribution in [0.4, 0.5) is 0 Å². The van der Waals surface area contributed by atoms with Gasteiger partial charge in [0.15, 0.2) is 5.43 Å². The number of hydrogen-bond donors (Lipinski definition) is 1. The highest BCUT2D eigenvalue weighted by atomic mass is 28.3. The minimum Gasteiger partial charge on any atom is -0.367 e. The Bertz CT molecular complexity index is 1110. The van der Waals surface area contributed by atoms with Crippen molar-refractivity contribution in [3.63, 3.8) is 0 Å². The molecule has 5 rings (SSSR count). The molecule has 2 aromatic carbocycles. The fraction of sp³-hybridized carbons (Fsp3) is 0. The van der Waals surface area contributed by atoms with Crippen molar-refractivity contribution in [2.45, 2.75) is 0 Å². The molecule has 1 N–H and O–H groups in total. The van der Waals surface area contributed by atoms with E-state index in [0.29, 0.717) is 0 Å². The van der Waals surface area contributed by atoms with Crippen molar-refractivity contribution in [3.05, 3.63) is 101 Å². The molecule has 4 aromatic rings. The van der Waals surface area contributed by atoms with Crippen LogP contribution in [-0.2, 0) is 0 Å². The van der Waals surface area contributed by atoms with E-state index in [2.05, 4.69) is 64.6 Å². The van der Waals surface area contributed by atoms with Gasteiger partial charge in [-0.1, -0.05) is 66.7 Å². The van der Waals surface area contributed by atoms with Gasteiger partial charge in [0, 0.05) is 23.8 Å². The van der Waals surface area contributed by atoms with Gasteiger partial charge >= 0.3 is 0 Å². The molecule has 0 saturated carbocycles. The summed E-state index contributed by atoms with van der Waals surface area (Å²) >= 11 is 0. The smallest absolute Gasteiger partial charge is 0.202 e. The van der Waals surface area contributed by atoms with Gasteiger partial charge < -0.3 is 4.98 Å². The van der Waals surface area contributed by atoms with E-state index >= 15 is 0 Å². The normalized spacial score (nSPS) is 13.8. The Labute approximate surface area is 152 Å². The van der Waals surface area contributed by atoms with Crippen molar-refractivity contribution in [1.82, 2.24) is 9.97 Å². The zero-order valence-electron chi connectivity index (χ0n) is 14.0. The second-order valence-electron chi connectivity index (χ2n) is 6.47. The number of nitrogens with zero attached hydrogens (tertiary/aromatic N) is 1. The average molecular weight is 352 g/mol. The number of aromatic amines is 1. The van der Waals surface area contributed by atoms with Crippen LogP contribution in [0, 0.1) is 0 Å². The topological polar surface area (TPSA) is 45.8 Å². The third kappa shape index (κ3) is 1.87. The highest BCUT2D eigenvalue weighted by Gasteiger charge is 2.50. The maximum Gasteiger partial charge on any atom is 0.202 e. The van der Waals surface area contributed by atoms with E-state index in [4.69, 9.17) is 0 Å². The Kier molecular flexibility index (Phi) is 3.27. The molecule has 0 spiro atoms. The van der Waals surface area contributed by atoms with Gasteiger partial charge in [0.25, 0.3) is 0 Å². The lowest BCUT2D eigenvalue weighted by atomic mass is 10.2. The third-order valence-electron chi connectivity index (χ3n) is 5.20. The summed E-state index contributed by atoms with van der Waals surface area (Å²) in [7, 11) is -2.58. The molecule has 0 atom stereocenters. The molecule has 3 nitrogen and oxygen atoms in total. The van der Waals surface area contributed by atoms with Crippen molar-refractivity contribution in [3.8, 4) is 11.3 Å². The van der Waals surface area contributed by atoms with E-state index in [9.17, 15) is 4.79 Å². The van der Waals surface area contributed by atoms with E-state index in [-0.39, 0.29) is 5.43 Å². The molecular weight excluding hydrogens is 336 g/mol. The maximum atomic E-state index is 12.8. The van der Waals surface area contributed by atoms with Gasteiger partial charge in [0.2, 0.25) is 8.07 Å². The Balaban J connectivity index is 2.02. The Hall–Kier alpha value is -3.24. The summed E-state index contributed by atoms with van der Waals surface area (Å²) in [5.41, 5.74) is 1.58. The molecule has 0 radical (unpaired) electrons. The standard InChI is InChI=1S/C22H16N2OSi/c25-18-13-15-24-22-20(18)21-19(12-7-14-23-21)26(22,16-8-3-1-4-9-16)17-10-5-2-6-11-17/h1-15H,(H,24,25). The lowest BCUT2D eigenvalue weighted by Gasteiger charge is -2.30. The predicted molar refractivity (Wildman–Crippen MR) is 107 cm³/mol. The van der Waals surface area contributed by atoms with Gasteiger partial charge in [0.05, 0.1) is 11.3 Å². The highest BCUT2D eigenvalue weighted by molar-refractivity contribution is 7.21. The predicted octanol–water partition coefficient (Wildman–Crippen LogP) is 1.13. The number of pyridine rings is 2. The molecule has 4 heteroatoms. The van der Waals surface area contributed by atoms with Crippen molar-refractivity contribution in [1.29, 1.82) is 0 Å². The van der Waals surface area contributed by atoms with Crippen LogP contribution in [0.1, 0.15) is 0 Å². The van der Waals surface area contributed by atoms with E-state index in [0.717, 1.165) is 16.6 Å². The monoisotopic (exact) mass is 352 g/mol. The summed E-state index contributed by atoms with van der Waals surface area (Å²) < 4.78 is 0.